The molecule has 13 N–H and O–H groups in total. The quantitative estimate of drug-likeness (QED) is 0.00976. The third-order valence-corrected chi connectivity index (χ3v) is 31.6. The Morgan fingerprint density at radius 1 is 0.438 bits per heavy atom. The van der Waals surface area contributed by atoms with E-state index in [1.54, 1.807) is 0 Å². The number of nitrogens with zero attached hydrogens (tertiary/aromatic N) is 14. The van der Waals surface area contributed by atoms with E-state index in [2.05, 4.69) is 60.1 Å². The summed E-state index contributed by atoms with van der Waals surface area (Å²) in [6.45, 7) is -24.0. The Hall–Kier alpha value is -7.11. The summed E-state index contributed by atoms with van der Waals surface area (Å²) in [7, 11) is -6.09. The molecule has 8 aromatic heterocycles. The number of aliphatic hydroxyl groups excluding tert-OH is 1. The number of rotatable bonds is 51. The molecule has 8 aromatic rings. The normalized spacial score (nSPS) is 29.9. The molecule has 0 spiro atoms. The molecule has 0 aliphatic carbocycles. The zero-order valence-corrected chi connectivity index (χ0v) is 86.5. The van der Waals surface area contributed by atoms with Gasteiger partial charge in [-0.1, -0.05) is 35.4 Å². The number of H-pyrrole nitrogens is 3. The number of aromatic amines is 3. The summed E-state index contributed by atoms with van der Waals surface area (Å²) in [6.07, 6.45) is -29.7. The van der Waals surface area contributed by atoms with Crippen LogP contribution in [0.25, 0.3) is 22.3 Å². The van der Waals surface area contributed by atoms with Crippen LogP contribution in [0.5, 0.6) is 0 Å². The fourth-order valence-corrected chi connectivity index (χ4v) is 23.7. The highest BCUT2D eigenvalue weighted by Crippen LogP contribution is 2.57. The fraction of sp³-hybridized carbons (Fsp3) is 0.644. The lowest BCUT2D eigenvalue weighted by Gasteiger charge is -2.36. The number of phosphoric acid groups is 2. The Balaban J connectivity index is 0.711. The molecule has 0 aromatic carbocycles. The van der Waals surface area contributed by atoms with Crippen LogP contribution in [0.1, 0.15) is 78.8 Å². The van der Waals surface area contributed by atoms with Gasteiger partial charge in [0.1, 0.15) is 159 Å². The van der Waals surface area contributed by atoms with Crippen molar-refractivity contribution >= 4 is 136 Å². The first kappa shape index (κ1) is 113. The number of hydrogen-bond donors (Lipinski definition) is 9. The topological polar surface area (TPSA) is 825 Å². The summed E-state index contributed by atoms with van der Waals surface area (Å²) in [6, 6.07) is 0. The Labute approximate surface area is 843 Å². The smallest absolute Gasteiger partial charge is 0.330 e. The van der Waals surface area contributed by atoms with E-state index in [1.165, 1.54) is 75.6 Å². The van der Waals surface area contributed by atoms with Gasteiger partial charge in [-0.25, -0.2) is 54.3 Å². The van der Waals surface area contributed by atoms with Gasteiger partial charge in [-0.2, -0.15) is 0 Å². The predicted molar refractivity (Wildman–Crippen MR) is 497 cm³/mol. The van der Waals surface area contributed by atoms with Crippen molar-refractivity contribution in [2.45, 2.75) is 175 Å². The summed E-state index contributed by atoms with van der Waals surface area (Å²) >= 11 is 21.7. The number of aryl methyl sites for hydroxylation is 3. The summed E-state index contributed by atoms with van der Waals surface area (Å²) in [4.78, 5) is 192. The lowest BCUT2D eigenvalue weighted by Crippen LogP contribution is -2.43. The molecule has 146 heavy (non-hydrogen) atoms. The number of aliphatic imine (C=N–C) groups is 1. The highest BCUT2D eigenvalue weighted by Gasteiger charge is 2.56. The second kappa shape index (κ2) is 48.1. The van der Waals surface area contributed by atoms with Crippen LogP contribution in [-0.4, -0.2) is 314 Å². The lowest BCUT2D eigenvalue weighted by molar-refractivity contribution is -0.241. The first-order valence-electron chi connectivity index (χ1n) is 43.8. The first-order valence-corrected chi connectivity index (χ1v) is 56.9. The molecule has 6 fully saturated rings. The van der Waals surface area contributed by atoms with Crippen LogP contribution in [-0.2, 0) is 182 Å². The highest BCUT2D eigenvalue weighted by molar-refractivity contribution is 8.32. The number of guanidine groups is 1. The summed E-state index contributed by atoms with van der Waals surface area (Å²) in [5.41, 5.74) is 19.2. The fourth-order valence-electron chi connectivity index (χ4n) is 16.5. The van der Waals surface area contributed by atoms with Crippen molar-refractivity contribution < 1.29 is 164 Å². The Kier molecular flexibility index (Phi) is 37.2. The van der Waals surface area contributed by atoms with Crippen LogP contribution < -0.4 is 86.5 Å². The number of fused-ring (bicyclic) bond motifs is 3. The van der Waals surface area contributed by atoms with Crippen molar-refractivity contribution in [2.75, 3.05) is 145 Å². The first-order chi connectivity index (χ1) is 69.3. The van der Waals surface area contributed by atoms with Crippen molar-refractivity contribution in [1.29, 1.82) is 0 Å². The van der Waals surface area contributed by atoms with Gasteiger partial charge in [0, 0.05) is 83.7 Å². The monoisotopic (exact) mass is 2250 g/mol. The minimum atomic E-state index is -6.19. The number of nitrogen functional groups attached to an aromatic ring is 2. The Bertz CT molecular complexity index is 6690. The average Bonchev–Trinajstić information content (AvgIpc) is 1.60. The summed E-state index contributed by atoms with van der Waals surface area (Å²) < 4.78 is 206. The third-order valence-electron chi connectivity index (χ3n) is 23.4. The molecule has 11 unspecified atom stereocenters. The van der Waals surface area contributed by atoms with E-state index in [1.807, 2.05) is 0 Å². The van der Waals surface area contributed by atoms with Gasteiger partial charge in [0.15, 0.2) is 60.6 Å². The average molecular weight is 2260 g/mol. The molecule has 7 aliphatic heterocycles. The van der Waals surface area contributed by atoms with E-state index in [0.29, 0.717) is 0 Å². The molecule has 63 nitrogen and oxygen atoms in total. The molecule has 6 saturated heterocycles. The number of nitrogens with one attached hydrogen (secondary N) is 4. The van der Waals surface area contributed by atoms with Gasteiger partial charge in [-0.15, -0.1) is 0 Å². The van der Waals surface area contributed by atoms with E-state index in [-0.39, 0.29) is 114 Å². The van der Waals surface area contributed by atoms with Crippen LogP contribution in [0.2, 0.25) is 0 Å². The number of anilines is 3. The van der Waals surface area contributed by atoms with Gasteiger partial charge in [-0.3, -0.25) is 70.4 Å². The summed E-state index contributed by atoms with van der Waals surface area (Å²) in [5, 5.41) is 13.6. The van der Waals surface area contributed by atoms with Crippen molar-refractivity contribution in [3.8, 4) is 0 Å². The molecule has 7 aliphatic rings. The number of imidazole rings is 3. The minimum absolute atomic E-state index is 0.00278. The molecule has 15 rings (SSSR count). The predicted octanol–water partition coefficient (Wildman–Crippen LogP) is -5.33. The molecule has 29 atom stereocenters. The molecular weight excluding hydrogens is 2160 g/mol. The second-order valence-electron chi connectivity index (χ2n) is 33.0. The second-order valence-corrected chi connectivity index (χ2v) is 46.6. The number of ether oxygens (including phenoxy) is 14. The number of hydrogen-bond acceptors (Lipinski definition) is 58. The maximum atomic E-state index is 15.4. The lowest BCUT2D eigenvalue weighted by atomic mass is 10.1. The van der Waals surface area contributed by atoms with Crippen molar-refractivity contribution in [3.05, 3.63) is 135 Å². The summed E-state index contributed by atoms with van der Waals surface area (Å²) in [5.74, 6) is -0.0993. The zero-order valence-electron chi connectivity index (χ0n) is 77.9. The van der Waals surface area contributed by atoms with Gasteiger partial charge < -0.3 is 191 Å². The van der Waals surface area contributed by atoms with E-state index < -0.39 is 277 Å². The van der Waals surface area contributed by atoms with Crippen molar-refractivity contribution in [1.82, 2.24) is 77.2 Å². The van der Waals surface area contributed by atoms with Gasteiger partial charge >= 0.3 is 17.1 Å². The van der Waals surface area contributed by atoms with Gasteiger partial charge in [0.05, 0.1) is 124 Å². The number of phosphoric ester groups is 2. The maximum Gasteiger partial charge on any atom is 0.330 e. The van der Waals surface area contributed by atoms with E-state index in [9.17, 15) is 48.6 Å². The largest absolute Gasteiger partial charge is 0.780 e. The van der Waals surface area contributed by atoms with Crippen LogP contribution in [0.4, 0.5) is 17.5 Å². The van der Waals surface area contributed by atoms with Crippen molar-refractivity contribution in [3.63, 3.8) is 0 Å². The maximum absolute atomic E-state index is 15.4. The molecule has 0 radical (unpaired) electrons. The molecule has 0 saturated carbocycles. The van der Waals surface area contributed by atoms with Gasteiger partial charge in [0.2, 0.25) is 0 Å². The van der Waals surface area contributed by atoms with E-state index >= 15 is 23.5 Å². The molecule has 0 amide bonds. The van der Waals surface area contributed by atoms with Crippen LogP contribution in [0.3, 0.4) is 0 Å². The minimum Gasteiger partial charge on any atom is -0.780 e. The SMILES string of the molecule is COCCOC1[C@@H](OP(=O)([O-])OC[C@H]2O[C@@H](n3cnc4c(N)ncnc43)C(OCCOC)[C@H]2OP(=O)([O-])OC[C@H]2O[C@@H](n3cnc4c(N)ncnc43)C(OCCOC)[C@H]2OP(=O)([S-])OC[C@H]2O[C@@H](n3cc(C)c(=O)[nH]c3=O)C[C@H]2OP([O-])(=S)OC[C@H]2O[C@@H](n3cnc4c3NC(N)=NC4N)C[C@H]2OP([O-])(=S)OC)[C@@H](COP([O-])(=S)O[C@@H]2C(OCCOC)[C@H](n3cc(C)c(=O)[nH]c3=O)O[C@@H]2CO)O[C@H]1n1cc(C)c(=O)[nH]c1=O. The number of aliphatic hydroxyl groups is 1. The highest BCUT2D eigenvalue weighted by atomic mass is 32.7. The molecule has 0 bridgehead atoms. The molecule has 15 heterocycles. The van der Waals surface area contributed by atoms with Gasteiger partial charge in [-0.05, 0) is 20.8 Å². The number of aromatic nitrogens is 16. The molecule has 808 valence electrons. The molecule has 73 heteroatoms. The van der Waals surface area contributed by atoms with Crippen LogP contribution >= 0.6 is 42.6 Å². The Morgan fingerprint density at radius 2 is 0.801 bits per heavy atom. The van der Waals surface area contributed by atoms with Gasteiger partial charge in [0.25, 0.3) is 32.3 Å². The van der Waals surface area contributed by atoms with E-state index in [4.69, 9.17) is 191 Å². The zero-order chi connectivity index (χ0) is 105. The van der Waals surface area contributed by atoms with E-state index in [0.717, 1.165) is 58.4 Å². The standard InChI is InChI=1S/C73H106N22O41P6S4/c1-33-19-90(71(100)87-63(33)97)44-17-37(132-140(108,144)122-23-39-36(131-139(107,143)115-8)18-45(126-39)93-30-82-48-59(76)85-70(77)86-62(48)93)40(125-44)24-123-141(109,145)136-52-42(130-69(56(52)119-16-12-114-7)95-32-84-47-58(75)79-29-81-61(47)95)26-121-138(105,106)133-50-41(129-68(55(50)118-15-11-113-6)94-31-83-46-57(74)78-28-80-60(46)94)25-120-137(103,104)134-51-43(128-67(54(51)117-14-10-112-5)92-21-35(3)65(99)89-73(92)102)27-124-142(110,146)135-49-38(22-96)127-66(53(49)116-13-9-111-4)91-20-34(2)64(98)88-72(91)101/h19-21,28-32,36-45,49-56,59,66-69,96H,9-18,22-27,76H2,1-8H3,(H,103,104)(H,105,106)(H,107,143)(H,108,144)(H,109,145)(H,110,146)(H2,74,78,80)(H2,75,79,81)(H3,77,85,86)(H,87,97,100)(H,88,98,101)(H,89,99,102)/p-6/t36-,37-,38-,39-,40-,41-,42-,43-,44-,45-,49+,50+,51+,52+,53?,54?,55?,56?,59?,66-,67-,68-,69-,139?,140?,141?,142?/m1/s1. The number of nitrogens with two attached hydrogens (primary N) is 4. The number of methoxy groups -OCH3 is 4. The Morgan fingerprint density at radius 3 is 1.23 bits per heavy atom. The van der Waals surface area contributed by atoms with Crippen molar-refractivity contribution in [2.24, 2.45) is 16.5 Å². The molecular formula is C73H100N22O41P6S4-6. The van der Waals surface area contributed by atoms with Crippen LogP contribution in [0, 0.1) is 20.8 Å². The third kappa shape index (κ3) is 26.5. The van der Waals surface area contributed by atoms with Crippen LogP contribution in [0.15, 0.2) is 84.0 Å².